The van der Waals surface area contributed by atoms with Crippen LogP contribution >= 0.6 is 15.9 Å². The van der Waals surface area contributed by atoms with Crippen LogP contribution in [0.1, 0.15) is 25.8 Å². The van der Waals surface area contributed by atoms with Crippen molar-refractivity contribution in [2.45, 2.75) is 38.8 Å². The summed E-state index contributed by atoms with van der Waals surface area (Å²) >= 11 is 3.61. The molecule has 0 aromatic heterocycles. The molecule has 19 heavy (non-hydrogen) atoms. The molecule has 0 saturated carbocycles. The van der Waals surface area contributed by atoms with Crippen molar-refractivity contribution in [3.63, 3.8) is 0 Å². The van der Waals surface area contributed by atoms with Gasteiger partial charge in [0.1, 0.15) is 5.75 Å². The molecular formula is C15H24BrNO2. The van der Waals surface area contributed by atoms with Gasteiger partial charge in [-0.1, -0.05) is 29.8 Å². The Balaban J connectivity index is 2.88. The smallest absolute Gasteiger partial charge is 0.119 e. The number of benzene rings is 1. The Morgan fingerprint density at radius 3 is 2.53 bits per heavy atom. The van der Waals surface area contributed by atoms with Gasteiger partial charge in [0.2, 0.25) is 0 Å². The van der Waals surface area contributed by atoms with Crippen LogP contribution in [-0.4, -0.2) is 32.9 Å². The van der Waals surface area contributed by atoms with Crippen LogP contribution < -0.4 is 10.1 Å². The van der Waals surface area contributed by atoms with Gasteiger partial charge in [0.05, 0.1) is 13.2 Å². The van der Waals surface area contributed by atoms with Crippen LogP contribution in [0.2, 0.25) is 0 Å². The van der Waals surface area contributed by atoms with Crippen molar-refractivity contribution in [2.24, 2.45) is 0 Å². The highest BCUT2D eigenvalue weighted by Crippen LogP contribution is 2.24. The van der Waals surface area contributed by atoms with Crippen molar-refractivity contribution in [3.05, 3.63) is 28.2 Å². The molecule has 0 fully saturated rings. The first-order chi connectivity index (χ1) is 9.15. The Bertz CT molecular complexity index is 380. The number of nitrogens with one attached hydrogen (secondary N) is 1. The molecule has 0 aliphatic rings. The Morgan fingerprint density at radius 2 is 2.00 bits per heavy atom. The second-order valence-corrected chi connectivity index (χ2v) is 5.36. The van der Waals surface area contributed by atoms with E-state index in [1.807, 2.05) is 12.1 Å². The van der Waals surface area contributed by atoms with Crippen molar-refractivity contribution in [1.82, 2.24) is 5.32 Å². The maximum Gasteiger partial charge on any atom is 0.119 e. The molecule has 1 N–H and O–H groups in total. The van der Waals surface area contributed by atoms with Gasteiger partial charge in [-0.2, -0.15) is 0 Å². The summed E-state index contributed by atoms with van der Waals surface area (Å²) in [5.41, 5.74) is 1.24. The molecule has 1 rings (SSSR count). The molecule has 0 aliphatic carbocycles. The average molecular weight is 330 g/mol. The Morgan fingerprint density at radius 1 is 1.26 bits per heavy atom. The van der Waals surface area contributed by atoms with E-state index in [1.165, 1.54) is 5.56 Å². The second kappa shape index (κ2) is 8.56. The minimum absolute atomic E-state index is 0.220. The summed E-state index contributed by atoms with van der Waals surface area (Å²) in [6.45, 7) is 5.21. The van der Waals surface area contributed by atoms with E-state index in [0.29, 0.717) is 6.04 Å². The summed E-state index contributed by atoms with van der Waals surface area (Å²) in [4.78, 5) is 0. The van der Waals surface area contributed by atoms with E-state index in [4.69, 9.17) is 9.47 Å². The highest BCUT2D eigenvalue weighted by molar-refractivity contribution is 9.10. The van der Waals surface area contributed by atoms with Crippen LogP contribution in [0, 0.1) is 0 Å². The SMILES string of the molecule is CCNC(Cc1cc(OC)ccc1Br)C(CC)OC. The fraction of sp³-hybridized carbons (Fsp3) is 0.600. The van der Waals surface area contributed by atoms with Crippen LogP contribution in [0.3, 0.4) is 0 Å². The van der Waals surface area contributed by atoms with Gasteiger partial charge in [0.15, 0.2) is 0 Å². The molecule has 1 aromatic carbocycles. The number of hydrogen-bond acceptors (Lipinski definition) is 3. The number of ether oxygens (including phenoxy) is 2. The molecule has 3 nitrogen and oxygen atoms in total. The maximum atomic E-state index is 5.57. The third kappa shape index (κ3) is 4.79. The van der Waals surface area contributed by atoms with Crippen molar-refractivity contribution in [1.29, 1.82) is 0 Å². The van der Waals surface area contributed by atoms with Gasteiger partial charge >= 0.3 is 0 Å². The van der Waals surface area contributed by atoms with Crippen LogP contribution in [0.15, 0.2) is 22.7 Å². The fourth-order valence-electron chi connectivity index (χ4n) is 2.28. The molecule has 0 amide bonds. The number of hydrogen-bond donors (Lipinski definition) is 1. The van der Waals surface area contributed by atoms with Crippen molar-refractivity contribution in [3.8, 4) is 5.75 Å². The van der Waals surface area contributed by atoms with Gasteiger partial charge in [0.25, 0.3) is 0 Å². The summed E-state index contributed by atoms with van der Waals surface area (Å²) in [5.74, 6) is 0.888. The first-order valence-electron chi connectivity index (χ1n) is 6.74. The van der Waals surface area contributed by atoms with E-state index in [2.05, 4.69) is 41.2 Å². The summed E-state index contributed by atoms with van der Waals surface area (Å²) in [7, 11) is 3.47. The van der Waals surface area contributed by atoms with Gasteiger partial charge in [-0.05, 0) is 43.1 Å². The predicted octanol–water partition coefficient (Wildman–Crippen LogP) is 3.40. The molecule has 0 bridgehead atoms. The van der Waals surface area contributed by atoms with Crippen molar-refractivity contribution in [2.75, 3.05) is 20.8 Å². The number of likely N-dealkylation sites (N-methyl/N-ethyl adjacent to an activating group) is 1. The highest BCUT2D eigenvalue weighted by atomic mass is 79.9. The Labute approximate surface area is 124 Å². The summed E-state index contributed by atoms with van der Waals surface area (Å²) in [5, 5.41) is 3.51. The largest absolute Gasteiger partial charge is 0.497 e. The van der Waals surface area contributed by atoms with Crippen molar-refractivity contribution >= 4 is 15.9 Å². The topological polar surface area (TPSA) is 30.5 Å². The highest BCUT2D eigenvalue weighted by Gasteiger charge is 2.20. The van der Waals surface area contributed by atoms with Crippen LogP contribution in [0.4, 0.5) is 0 Å². The molecule has 0 spiro atoms. The van der Waals surface area contributed by atoms with Gasteiger partial charge in [0, 0.05) is 17.6 Å². The zero-order valence-corrected chi connectivity index (χ0v) is 13.8. The number of methoxy groups -OCH3 is 2. The molecular weight excluding hydrogens is 306 g/mol. The minimum Gasteiger partial charge on any atom is -0.497 e. The summed E-state index contributed by atoms with van der Waals surface area (Å²) in [6.07, 6.45) is 2.13. The second-order valence-electron chi connectivity index (χ2n) is 4.51. The van der Waals surface area contributed by atoms with Crippen molar-refractivity contribution < 1.29 is 9.47 Å². The van der Waals surface area contributed by atoms with Gasteiger partial charge in [-0.3, -0.25) is 0 Å². The lowest BCUT2D eigenvalue weighted by Crippen LogP contribution is -2.42. The lowest BCUT2D eigenvalue weighted by atomic mass is 9.99. The zero-order valence-electron chi connectivity index (χ0n) is 12.2. The molecule has 0 radical (unpaired) electrons. The molecule has 4 heteroatoms. The average Bonchev–Trinajstić information content (AvgIpc) is 2.42. The predicted molar refractivity (Wildman–Crippen MR) is 83.0 cm³/mol. The number of rotatable bonds is 8. The molecule has 1 aromatic rings. The van der Waals surface area contributed by atoms with E-state index >= 15 is 0 Å². The standard InChI is InChI=1S/C15H24BrNO2/c1-5-15(19-4)14(17-6-2)10-11-9-12(18-3)7-8-13(11)16/h7-9,14-15,17H,5-6,10H2,1-4H3. The third-order valence-electron chi connectivity index (χ3n) is 3.31. The minimum atomic E-state index is 0.220. The van der Waals surface area contributed by atoms with E-state index in [9.17, 15) is 0 Å². The number of halogens is 1. The van der Waals surface area contributed by atoms with Gasteiger partial charge in [-0.25, -0.2) is 0 Å². The lowest BCUT2D eigenvalue weighted by molar-refractivity contribution is 0.0658. The summed E-state index contributed by atoms with van der Waals surface area (Å²) < 4.78 is 12.0. The first kappa shape index (κ1) is 16.5. The van der Waals surface area contributed by atoms with Crippen LogP contribution in [-0.2, 0) is 11.2 Å². The monoisotopic (exact) mass is 329 g/mol. The molecule has 108 valence electrons. The quantitative estimate of drug-likeness (QED) is 0.792. The van der Waals surface area contributed by atoms with E-state index in [0.717, 1.165) is 29.6 Å². The first-order valence-corrected chi connectivity index (χ1v) is 7.54. The zero-order chi connectivity index (χ0) is 14.3. The van der Waals surface area contributed by atoms with Crippen LogP contribution in [0.25, 0.3) is 0 Å². The van der Waals surface area contributed by atoms with Crippen LogP contribution in [0.5, 0.6) is 5.75 Å². The van der Waals surface area contributed by atoms with E-state index in [-0.39, 0.29) is 6.10 Å². The molecule has 2 unspecified atom stereocenters. The fourth-order valence-corrected chi connectivity index (χ4v) is 2.69. The van der Waals surface area contributed by atoms with E-state index < -0.39 is 0 Å². The van der Waals surface area contributed by atoms with E-state index in [1.54, 1.807) is 14.2 Å². The Kier molecular flexibility index (Phi) is 7.42. The van der Waals surface area contributed by atoms with Gasteiger partial charge < -0.3 is 14.8 Å². The maximum absolute atomic E-state index is 5.57. The lowest BCUT2D eigenvalue weighted by Gasteiger charge is -2.26. The Hall–Kier alpha value is -0.580. The normalized spacial score (nSPS) is 14.2. The van der Waals surface area contributed by atoms with Gasteiger partial charge in [-0.15, -0.1) is 0 Å². The molecule has 2 atom stereocenters. The molecule has 0 heterocycles. The summed E-state index contributed by atoms with van der Waals surface area (Å²) in [6, 6.07) is 6.38. The molecule has 0 saturated heterocycles. The molecule has 0 aliphatic heterocycles. The third-order valence-corrected chi connectivity index (χ3v) is 4.09.